The summed E-state index contributed by atoms with van der Waals surface area (Å²) in [5.41, 5.74) is 5.92. The zero-order valence-corrected chi connectivity index (χ0v) is 19.8. The van der Waals surface area contributed by atoms with Gasteiger partial charge in [-0.1, -0.05) is 24.3 Å². The van der Waals surface area contributed by atoms with Crippen LogP contribution in [0, 0.1) is 4.78 Å². The van der Waals surface area contributed by atoms with Gasteiger partial charge in [0.1, 0.15) is 5.82 Å². The van der Waals surface area contributed by atoms with Gasteiger partial charge < -0.3 is 5.32 Å². The Labute approximate surface area is 190 Å². The number of aliphatic imine (C=N–C) groups is 1. The molecule has 0 amide bonds. The summed E-state index contributed by atoms with van der Waals surface area (Å²) in [5, 5.41) is 7.66. The van der Waals surface area contributed by atoms with Crippen molar-refractivity contribution in [1.82, 2.24) is 14.8 Å². The number of aryl methyl sites for hydroxylation is 1. The number of anilines is 1. The number of allylic oxidation sites excluding steroid dienone is 2. The van der Waals surface area contributed by atoms with E-state index in [1.165, 1.54) is 6.26 Å². The molecule has 168 valence electrons. The Morgan fingerprint density at radius 2 is 2.09 bits per heavy atom. The summed E-state index contributed by atoms with van der Waals surface area (Å²) < 4.78 is 21.0. The highest BCUT2D eigenvalue weighted by Crippen LogP contribution is 2.30. The van der Waals surface area contributed by atoms with E-state index in [1.54, 1.807) is 11.7 Å². The van der Waals surface area contributed by atoms with Crippen LogP contribution >= 0.6 is 0 Å². The molecule has 0 spiro atoms. The van der Waals surface area contributed by atoms with Gasteiger partial charge in [-0.2, -0.15) is 5.10 Å². The summed E-state index contributed by atoms with van der Waals surface area (Å²) in [6.07, 6.45) is 9.76. The lowest BCUT2D eigenvalue weighted by molar-refractivity contribution is 0.677. The van der Waals surface area contributed by atoms with E-state index in [4.69, 9.17) is 9.76 Å². The summed E-state index contributed by atoms with van der Waals surface area (Å²) in [6.45, 7) is 2.58. The quantitative estimate of drug-likeness (QED) is 0.364. The van der Waals surface area contributed by atoms with Gasteiger partial charge in [0, 0.05) is 71.5 Å². The maximum Gasteiger partial charge on any atom is 0.134 e. The average molecular weight is 451 g/mol. The zero-order chi connectivity index (χ0) is 23.1. The molecule has 0 radical (unpaired) electrons. The zero-order valence-electron chi connectivity index (χ0n) is 19.0. The Kier molecular flexibility index (Phi) is 7.58. The van der Waals surface area contributed by atoms with Gasteiger partial charge >= 0.3 is 0 Å². The standard InChI is InChI=1S/C24H30N6OS/c1-5-18(15-26-2)19-8-6-9-20(14-19)23-11-10-22(21-16-28-30(3)17-21)24(29-23)27-12-7-13-32(4,25)31/h5-6,8-11,14-17,25H,7,12-13H2,1-4H3,(H,27,29)/b18-5+,26-15-. The molecule has 1 atom stereocenters. The first-order valence-corrected chi connectivity index (χ1v) is 12.6. The number of aromatic nitrogens is 3. The molecule has 32 heavy (non-hydrogen) atoms. The van der Waals surface area contributed by atoms with Crippen LogP contribution in [-0.2, 0) is 16.8 Å². The van der Waals surface area contributed by atoms with Crippen molar-refractivity contribution >= 4 is 27.3 Å². The van der Waals surface area contributed by atoms with E-state index < -0.39 is 9.73 Å². The first kappa shape index (κ1) is 23.4. The maximum absolute atomic E-state index is 11.7. The minimum atomic E-state index is -2.50. The molecule has 0 bridgehead atoms. The number of hydrogen-bond donors (Lipinski definition) is 2. The predicted octanol–water partition coefficient (Wildman–Crippen LogP) is 4.73. The Bertz CT molecular complexity index is 1240. The Balaban J connectivity index is 1.96. The summed E-state index contributed by atoms with van der Waals surface area (Å²) >= 11 is 0. The van der Waals surface area contributed by atoms with Crippen molar-refractivity contribution in [2.24, 2.45) is 12.0 Å². The van der Waals surface area contributed by atoms with E-state index in [0.29, 0.717) is 18.7 Å². The van der Waals surface area contributed by atoms with Crippen LogP contribution in [0.3, 0.4) is 0 Å². The lowest BCUT2D eigenvalue weighted by Gasteiger charge is -2.13. The molecule has 0 fully saturated rings. The summed E-state index contributed by atoms with van der Waals surface area (Å²) in [7, 11) is 1.15. The van der Waals surface area contributed by atoms with E-state index in [-0.39, 0.29) is 0 Å². The summed E-state index contributed by atoms with van der Waals surface area (Å²) in [5.74, 6) is 1.10. The molecular formula is C24H30N6OS. The van der Waals surface area contributed by atoms with E-state index in [0.717, 1.165) is 39.3 Å². The van der Waals surface area contributed by atoms with Crippen LogP contribution in [-0.4, -0.2) is 50.8 Å². The minimum absolute atomic E-state index is 0.356. The normalized spacial score (nSPS) is 13.9. The highest BCUT2D eigenvalue weighted by Gasteiger charge is 2.12. The number of nitrogens with zero attached hydrogens (tertiary/aromatic N) is 4. The first-order chi connectivity index (χ1) is 15.3. The van der Waals surface area contributed by atoms with Gasteiger partial charge in [0.15, 0.2) is 0 Å². The number of hydrogen-bond acceptors (Lipinski definition) is 6. The molecule has 0 aliphatic rings. The van der Waals surface area contributed by atoms with Gasteiger partial charge in [0.25, 0.3) is 0 Å². The van der Waals surface area contributed by atoms with Crippen LogP contribution in [0.1, 0.15) is 18.9 Å². The lowest BCUT2D eigenvalue weighted by Crippen LogP contribution is -2.10. The molecule has 2 heterocycles. The van der Waals surface area contributed by atoms with Crippen molar-refractivity contribution in [1.29, 1.82) is 4.78 Å². The highest BCUT2D eigenvalue weighted by molar-refractivity contribution is 7.91. The molecule has 8 heteroatoms. The molecular weight excluding hydrogens is 420 g/mol. The number of pyridine rings is 1. The Hall–Kier alpha value is -3.26. The Morgan fingerprint density at radius 1 is 1.28 bits per heavy atom. The lowest BCUT2D eigenvalue weighted by atomic mass is 10.0. The summed E-state index contributed by atoms with van der Waals surface area (Å²) in [4.78, 5) is 9.06. The number of nitrogens with one attached hydrogen (secondary N) is 2. The third kappa shape index (κ3) is 6.13. The van der Waals surface area contributed by atoms with Crippen LogP contribution in [0.15, 0.2) is 59.9 Å². The third-order valence-electron chi connectivity index (χ3n) is 4.99. The average Bonchev–Trinajstić information content (AvgIpc) is 3.20. The highest BCUT2D eigenvalue weighted by atomic mass is 32.2. The molecule has 3 rings (SSSR count). The van der Waals surface area contributed by atoms with Gasteiger partial charge in [-0.15, -0.1) is 0 Å². The first-order valence-electron chi connectivity index (χ1n) is 10.5. The van der Waals surface area contributed by atoms with E-state index >= 15 is 0 Å². The predicted molar refractivity (Wildman–Crippen MR) is 135 cm³/mol. The van der Waals surface area contributed by atoms with E-state index in [9.17, 15) is 4.21 Å². The van der Waals surface area contributed by atoms with Gasteiger partial charge in [-0.05, 0) is 42.7 Å². The van der Waals surface area contributed by atoms with Crippen LogP contribution < -0.4 is 5.32 Å². The summed E-state index contributed by atoms with van der Waals surface area (Å²) in [6, 6.07) is 12.3. The molecule has 1 unspecified atom stereocenters. The number of rotatable bonds is 9. The van der Waals surface area contributed by atoms with Crippen molar-refractivity contribution in [2.45, 2.75) is 13.3 Å². The minimum Gasteiger partial charge on any atom is -0.370 e. The van der Waals surface area contributed by atoms with Gasteiger partial charge in [0.05, 0.1) is 11.9 Å². The van der Waals surface area contributed by atoms with Crippen molar-refractivity contribution in [3.05, 3.63) is 60.4 Å². The largest absolute Gasteiger partial charge is 0.370 e. The fraction of sp³-hybridized carbons (Fsp3) is 0.292. The van der Waals surface area contributed by atoms with Gasteiger partial charge in [-0.3, -0.25) is 18.7 Å². The second-order valence-electron chi connectivity index (χ2n) is 7.70. The molecule has 0 aliphatic carbocycles. The third-order valence-corrected chi connectivity index (χ3v) is 6.05. The molecule has 1 aromatic carbocycles. The van der Waals surface area contributed by atoms with Crippen molar-refractivity contribution in [3.8, 4) is 22.4 Å². The van der Waals surface area contributed by atoms with Gasteiger partial charge in [-0.25, -0.2) is 4.98 Å². The molecule has 2 N–H and O–H groups in total. The molecule has 2 aromatic heterocycles. The smallest absolute Gasteiger partial charge is 0.134 e. The van der Waals surface area contributed by atoms with E-state index in [2.05, 4.69) is 27.5 Å². The molecule has 0 saturated heterocycles. The van der Waals surface area contributed by atoms with Crippen LogP contribution in [0.5, 0.6) is 0 Å². The molecule has 3 aromatic rings. The molecule has 7 nitrogen and oxygen atoms in total. The SMILES string of the molecule is C/C=C(\C=N/C)c1cccc(-c2ccc(-c3cnn(C)c3)c(NCCCS(C)(=N)=O)n2)c1. The van der Waals surface area contributed by atoms with Crippen molar-refractivity contribution in [2.75, 3.05) is 30.9 Å². The monoisotopic (exact) mass is 450 g/mol. The fourth-order valence-electron chi connectivity index (χ4n) is 3.42. The molecule has 0 saturated carbocycles. The van der Waals surface area contributed by atoms with Crippen molar-refractivity contribution in [3.63, 3.8) is 0 Å². The second kappa shape index (κ2) is 10.4. The second-order valence-corrected chi connectivity index (χ2v) is 10.1. The van der Waals surface area contributed by atoms with E-state index in [1.807, 2.05) is 62.9 Å². The van der Waals surface area contributed by atoms with Crippen LogP contribution in [0.2, 0.25) is 0 Å². The van der Waals surface area contributed by atoms with Crippen molar-refractivity contribution < 1.29 is 4.21 Å². The number of benzene rings is 1. The van der Waals surface area contributed by atoms with Crippen LogP contribution in [0.4, 0.5) is 5.82 Å². The topological polar surface area (TPSA) is 96.0 Å². The van der Waals surface area contributed by atoms with Gasteiger partial charge in [0.2, 0.25) is 0 Å². The Morgan fingerprint density at radius 3 is 2.75 bits per heavy atom. The van der Waals surface area contributed by atoms with Crippen LogP contribution in [0.25, 0.3) is 28.0 Å². The fourth-order valence-corrected chi connectivity index (χ4v) is 4.11. The molecule has 0 aliphatic heterocycles. The maximum atomic E-state index is 11.7.